The maximum atomic E-state index is 4.10. The van der Waals surface area contributed by atoms with Crippen LogP contribution in [-0.2, 0) is 6.54 Å². The van der Waals surface area contributed by atoms with Crippen LogP contribution >= 0.6 is 11.8 Å². The normalized spacial score (nSPS) is 10.6. The van der Waals surface area contributed by atoms with Crippen LogP contribution in [0.2, 0.25) is 0 Å². The number of rotatable bonds is 8. The zero-order chi connectivity index (χ0) is 13.3. The van der Waals surface area contributed by atoms with Crippen molar-refractivity contribution in [2.75, 3.05) is 23.4 Å². The van der Waals surface area contributed by atoms with Crippen LogP contribution in [-0.4, -0.2) is 32.8 Å². The van der Waals surface area contributed by atoms with E-state index in [-0.39, 0.29) is 0 Å². The first-order valence-electron chi connectivity index (χ1n) is 6.61. The fourth-order valence-electron chi connectivity index (χ4n) is 1.78. The van der Waals surface area contributed by atoms with Gasteiger partial charge < -0.3 is 5.32 Å². The summed E-state index contributed by atoms with van der Waals surface area (Å²) in [5, 5.41) is 7.54. The molecule has 4 nitrogen and oxygen atoms in total. The molecule has 1 N–H and O–H groups in total. The molecule has 1 aromatic heterocycles. The minimum atomic E-state index is 0.771. The van der Waals surface area contributed by atoms with Crippen molar-refractivity contribution in [1.29, 1.82) is 0 Å². The van der Waals surface area contributed by atoms with Gasteiger partial charge in [0.1, 0.15) is 12.7 Å². The zero-order valence-corrected chi connectivity index (χ0v) is 12.1. The lowest BCUT2D eigenvalue weighted by Crippen LogP contribution is -2.03. The second-order valence-electron chi connectivity index (χ2n) is 4.27. The number of hydrogen-bond acceptors (Lipinski definition) is 4. The van der Waals surface area contributed by atoms with Crippen molar-refractivity contribution in [2.45, 2.75) is 19.9 Å². The highest BCUT2D eigenvalue weighted by molar-refractivity contribution is 7.99. The minimum Gasteiger partial charge on any atom is -0.385 e. The van der Waals surface area contributed by atoms with E-state index in [4.69, 9.17) is 0 Å². The van der Waals surface area contributed by atoms with Crippen LogP contribution in [0.4, 0.5) is 5.69 Å². The van der Waals surface area contributed by atoms with Crippen molar-refractivity contribution in [1.82, 2.24) is 14.8 Å². The van der Waals surface area contributed by atoms with Gasteiger partial charge in [0.05, 0.1) is 6.54 Å². The third kappa shape index (κ3) is 4.95. The van der Waals surface area contributed by atoms with Gasteiger partial charge in [0.2, 0.25) is 0 Å². The van der Waals surface area contributed by atoms with E-state index >= 15 is 0 Å². The Balaban J connectivity index is 1.75. The van der Waals surface area contributed by atoms with Gasteiger partial charge in [0.25, 0.3) is 0 Å². The Hall–Kier alpha value is -1.49. The van der Waals surface area contributed by atoms with Crippen LogP contribution in [0.3, 0.4) is 0 Å². The number of benzene rings is 1. The molecular formula is C14H20N4S. The molecule has 0 aliphatic heterocycles. The van der Waals surface area contributed by atoms with Gasteiger partial charge in [-0.2, -0.15) is 16.9 Å². The number of hydrogen-bond donors (Lipinski definition) is 1. The molecule has 0 aliphatic rings. The smallest absolute Gasteiger partial charge is 0.137 e. The van der Waals surface area contributed by atoms with Crippen molar-refractivity contribution in [2.24, 2.45) is 0 Å². The van der Waals surface area contributed by atoms with E-state index in [0.717, 1.165) is 13.1 Å². The Morgan fingerprint density at radius 3 is 2.79 bits per heavy atom. The zero-order valence-electron chi connectivity index (χ0n) is 11.2. The largest absolute Gasteiger partial charge is 0.385 e. The standard InChI is InChI=1S/C14H20N4S/c1-2-19-9-3-8-16-14-6-4-13(5-7-14)10-18-12-15-11-17-18/h4-7,11-12,16H,2-3,8-10H2,1H3. The molecule has 0 aliphatic carbocycles. The van der Waals surface area contributed by atoms with Crippen molar-refractivity contribution in [3.63, 3.8) is 0 Å². The van der Waals surface area contributed by atoms with Gasteiger partial charge >= 0.3 is 0 Å². The van der Waals surface area contributed by atoms with Crippen molar-refractivity contribution in [3.05, 3.63) is 42.5 Å². The lowest BCUT2D eigenvalue weighted by molar-refractivity contribution is 0.685. The lowest BCUT2D eigenvalue weighted by Gasteiger charge is -2.07. The Morgan fingerprint density at radius 2 is 2.11 bits per heavy atom. The third-order valence-electron chi connectivity index (χ3n) is 2.76. The lowest BCUT2D eigenvalue weighted by atomic mass is 10.2. The molecule has 0 fully saturated rings. The summed E-state index contributed by atoms with van der Waals surface area (Å²) in [6.45, 7) is 4.01. The molecule has 2 rings (SSSR count). The number of anilines is 1. The van der Waals surface area contributed by atoms with E-state index < -0.39 is 0 Å². The van der Waals surface area contributed by atoms with Gasteiger partial charge in [0, 0.05) is 12.2 Å². The van der Waals surface area contributed by atoms with E-state index in [0.29, 0.717) is 0 Å². The van der Waals surface area contributed by atoms with E-state index in [2.05, 4.69) is 46.6 Å². The van der Waals surface area contributed by atoms with Gasteiger partial charge in [-0.25, -0.2) is 9.67 Å². The van der Waals surface area contributed by atoms with Crippen LogP contribution in [0, 0.1) is 0 Å². The number of aromatic nitrogens is 3. The molecule has 0 atom stereocenters. The second kappa shape index (κ2) is 7.84. The van der Waals surface area contributed by atoms with Crippen LogP contribution in [0.5, 0.6) is 0 Å². The van der Waals surface area contributed by atoms with E-state index in [1.165, 1.54) is 29.2 Å². The highest BCUT2D eigenvalue weighted by Gasteiger charge is 1.97. The van der Waals surface area contributed by atoms with Crippen molar-refractivity contribution >= 4 is 17.4 Å². The highest BCUT2D eigenvalue weighted by Crippen LogP contribution is 2.11. The minimum absolute atomic E-state index is 0.771. The average molecular weight is 276 g/mol. The Morgan fingerprint density at radius 1 is 1.26 bits per heavy atom. The molecule has 2 aromatic rings. The summed E-state index contributed by atoms with van der Waals surface area (Å²) >= 11 is 1.99. The first kappa shape index (κ1) is 13.9. The molecular weight excluding hydrogens is 256 g/mol. The second-order valence-corrected chi connectivity index (χ2v) is 5.66. The predicted octanol–water partition coefficient (Wildman–Crippen LogP) is 2.88. The highest BCUT2D eigenvalue weighted by atomic mass is 32.2. The average Bonchev–Trinajstić information content (AvgIpc) is 2.93. The molecule has 1 heterocycles. The van der Waals surface area contributed by atoms with Gasteiger partial charge in [-0.1, -0.05) is 19.1 Å². The first-order chi connectivity index (χ1) is 9.38. The molecule has 0 saturated heterocycles. The molecule has 0 bridgehead atoms. The Labute approximate surface area is 118 Å². The molecule has 1 aromatic carbocycles. The fourth-order valence-corrected chi connectivity index (χ4v) is 2.42. The molecule has 0 spiro atoms. The molecule has 0 unspecified atom stereocenters. The third-order valence-corrected chi connectivity index (χ3v) is 3.75. The summed E-state index contributed by atoms with van der Waals surface area (Å²) in [4.78, 5) is 3.94. The van der Waals surface area contributed by atoms with E-state index in [9.17, 15) is 0 Å². The molecule has 0 amide bonds. The monoisotopic (exact) mass is 276 g/mol. The van der Waals surface area contributed by atoms with Crippen molar-refractivity contribution < 1.29 is 0 Å². The Bertz CT molecular complexity index is 453. The summed E-state index contributed by atoms with van der Waals surface area (Å²) in [6, 6.07) is 8.51. The summed E-state index contributed by atoms with van der Waals surface area (Å²) in [7, 11) is 0. The van der Waals surface area contributed by atoms with Gasteiger partial charge in [-0.3, -0.25) is 0 Å². The van der Waals surface area contributed by atoms with Crippen LogP contribution in [0.1, 0.15) is 18.9 Å². The molecule has 0 saturated carbocycles. The van der Waals surface area contributed by atoms with Crippen LogP contribution in [0.25, 0.3) is 0 Å². The maximum Gasteiger partial charge on any atom is 0.137 e. The summed E-state index contributed by atoms with van der Waals surface area (Å²) < 4.78 is 1.82. The summed E-state index contributed by atoms with van der Waals surface area (Å²) in [5.41, 5.74) is 2.42. The molecule has 102 valence electrons. The summed E-state index contributed by atoms with van der Waals surface area (Å²) in [6.07, 6.45) is 4.50. The topological polar surface area (TPSA) is 42.7 Å². The summed E-state index contributed by atoms with van der Waals surface area (Å²) in [5.74, 6) is 2.44. The number of nitrogens with zero attached hydrogens (tertiary/aromatic N) is 3. The van der Waals surface area contributed by atoms with Crippen LogP contribution in [0.15, 0.2) is 36.9 Å². The van der Waals surface area contributed by atoms with Gasteiger partial charge in [0.15, 0.2) is 0 Å². The fraction of sp³-hybridized carbons (Fsp3) is 0.429. The maximum absolute atomic E-state index is 4.10. The van der Waals surface area contributed by atoms with E-state index in [1.807, 2.05) is 16.4 Å². The molecule has 0 radical (unpaired) electrons. The Kier molecular flexibility index (Phi) is 5.75. The van der Waals surface area contributed by atoms with Gasteiger partial charge in [-0.05, 0) is 35.6 Å². The quantitative estimate of drug-likeness (QED) is 0.753. The predicted molar refractivity (Wildman–Crippen MR) is 81.7 cm³/mol. The van der Waals surface area contributed by atoms with Gasteiger partial charge in [-0.15, -0.1) is 0 Å². The van der Waals surface area contributed by atoms with Crippen molar-refractivity contribution in [3.8, 4) is 0 Å². The molecule has 19 heavy (non-hydrogen) atoms. The number of nitrogens with one attached hydrogen (secondary N) is 1. The first-order valence-corrected chi connectivity index (χ1v) is 7.77. The van der Waals surface area contributed by atoms with Crippen LogP contribution < -0.4 is 5.32 Å². The molecule has 5 heteroatoms. The SMILES string of the molecule is CCSCCCNc1ccc(Cn2cncn2)cc1. The van der Waals surface area contributed by atoms with E-state index in [1.54, 1.807) is 12.7 Å². The number of thioether (sulfide) groups is 1.